The molecule has 6 heteroatoms. The van der Waals surface area contributed by atoms with Gasteiger partial charge in [0.05, 0.1) is 32.0 Å². The molecule has 6 nitrogen and oxygen atoms in total. The predicted octanol–water partition coefficient (Wildman–Crippen LogP) is 1.69. The molecule has 0 aliphatic rings. The summed E-state index contributed by atoms with van der Waals surface area (Å²) in [6.07, 6.45) is 2.22. The van der Waals surface area contributed by atoms with Crippen molar-refractivity contribution in [3.05, 3.63) is 23.9 Å². The van der Waals surface area contributed by atoms with Gasteiger partial charge in [-0.2, -0.15) is 0 Å². The van der Waals surface area contributed by atoms with E-state index in [2.05, 4.69) is 4.98 Å². The fourth-order valence-electron chi connectivity index (χ4n) is 1.38. The Morgan fingerprint density at radius 1 is 1.20 bits per heavy atom. The van der Waals surface area contributed by atoms with Crippen molar-refractivity contribution in [2.24, 2.45) is 0 Å². The largest absolute Gasteiger partial charge is 0.478 e. The highest BCUT2D eigenvalue weighted by Crippen LogP contribution is 2.09. The summed E-state index contributed by atoms with van der Waals surface area (Å²) in [6.45, 7) is 4.42. The number of aromatic nitrogens is 1. The van der Waals surface area contributed by atoms with Crippen molar-refractivity contribution < 1.29 is 23.7 Å². The highest BCUT2D eigenvalue weighted by molar-refractivity contribution is 5.89. The number of carbonyl (C=O) groups is 1. The van der Waals surface area contributed by atoms with E-state index in [9.17, 15) is 4.79 Å². The lowest BCUT2D eigenvalue weighted by molar-refractivity contribution is 0.0525. The summed E-state index contributed by atoms with van der Waals surface area (Å²) in [4.78, 5) is 15.5. The highest BCUT2D eigenvalue weighted by atomic mass is 16.5. The van der Waals surface area contributed by atoms with Crippen LogP contribution in [0.4, 0.5) is 0 Å². The van der Waals surface area contributed by atoms with Crippen LogP contribution in [0.1, 0.15) is 23.7 Å². The fraction of sp³-hybridized carbons (Fsp3) is 0.571. The molecule has 0 N–H and O–H groups in total. The van der Waals surface area contributed by atoms with E-state index in [0.29, 0.717) is 44.5 Å². The fourth-order valence-corrected chi connectivity index (χ4v) is 1.38. The average molecular weight is 283 g/mol. The molecule has 0 saturated heterocycles. The third-order valence-electron chi connectivity index (χ3n) is 2.36. The zero-order valence-corrected chi connectivity index (χ0v) is 12.0. The Balaban J connectivity index is 2.20. The van der Waals surface area contributed by atoms with Crippen molar-refractivity contribution in [2.75, 3.05) is 40.1 Å². The SMILES string of the molecule is CCOC(=O)c1ccc(OCCCOCCOC)nc1. The molecule has 0 radical (unpaired) electrons. The molecule has 0 saturated carbocycles. The van der Waals surface area contributed by atoms with Crippen LogP contribution in [0.15, 0.2) is 18.3 Å². The second kappa shape index (κ2) is 10.2. The van der Waals surface area contributed by atoms with Gasteiger partial charge in [-0.1, -0.05) is 0 Å². The van der Waals surface area contributed by atoms with Gasteiger partial charge in [0.1, 0.15) is 0 Å². The maximum absolute atomic E-state index is 11.4. The van der Waals surface area contributed by atoms with E-state index in [1.54, 1.807) is 26.2 Å². The Kier molecular flexibility index (Phi) is 8.33. The maximum Gasteiger partial charge on any atom is 0.339 e. The minimum absolute atomic E-state index is 0.347. The number of rotatable bonds is 10. The van der Waals surface area contributed by atoms with Crippen LogP contribution in [0.3, 0.4) is 0 Å². The number of hydrogen-bond acceptors (Lipinski definition) is 6. The third-order valence-corrected chi connectivity index (χ3v) is 2.36. The maximum atomic E-state index is 11.4. The van der Waals surface area contributed by atoms with Gasteiger partial charge in [-0.15, -0.1) is 0 Å². The van der Waals surface area contributed by atoms with Crippen LogP contribution < -0.4 is 4.74 Å². The highest BCUT2D eigenvalue weighted by Gasteiger charge is 2.06. The molecule has 0 bridgehead atoms. The predicted molar refractivity (Wildman–Crippen MR) is 73.0 cm³/mol. The second-order valence-electron chi connectivity index (χ2n) is 3.91. The number of pyridine rings is 1. The minimum atomic E-state index is -0.377. The monoisotopic (exact) mass is 283 g/mol. The van der Waals surface area contributed by atoms with Crippen LogP contribution >= 0.6 is 0 Å². The van der Waals surface area contributed by atoms with E-state index in [1.165, 1.54) is 6.20 Å². The van der Waals surface area contributed by atoms with Gasteiger partial charge >= 0.3 is 5.97 Å². The number of carbonyl (C=O) groups excluding carboxylic acids is 1. The topological polar surface area (TPSA) is 66.9 Å². The molecule has 0 atom stereocenters. The molecule has 1 rings (SSSR count). The van der Waals surface area contributed by atoms with Gasteiger partial charge < -0.3 is 18.9 Å². The van der Waals surface area contributed by atoms with Crippen LogP contribution in [0.25, 0.3) is 0 Å². The molecule has 1 aromatic heterocycles. The lowest BCUT2D eigenvalue weighted by Gasteiger charge is -2.06. The van der Waals surface area contributed by atoms with Crippen LogP contribution in [-0.2, 0) is 14.2 Å². The smallest absolute Gasteiger partial charge is 0.339 e. The van der Waals surface area contributed by atoms with Crippen LogP contribution in [0.5, 0.6) is 5.88 Å². The first kappa shape index (κ1) is 16.4. The van der Waals surface area contributed by atoms with Gasteiger partial charge in [0.25, 0.3) is 0 Å². The minimum Gasteiger partial charge on any atom is -0.478 e. The van der Waals surface area contributed by atoms with Gasteiger partial charge in [-0.3, -0.25) is 0 Å². The summed E-state index contributed by atoms with van der Waals surface area (Å²) < 4.78 is 20.5. The average Bonchev–Trinajstić information content (AvgIpc) is 2.47. The van der Waals surface area contributed by atoms with E-state index in [1.807, 2.05) is 0 Å². The first-order valence-electron chi connectivity index (χ1n) is 6.60. The van der Waals surface area contributed by atoms with Crippen molar-refractivity contribution in [2.45, 2.75) is 13.3 Å². The van der Waals surface area contributed by atoms with Gasteiger partial charge in [-0.25, -0.2) is 9.78 Å². The molecule has 1 heterocycles. The van der Waals surface area contributed by atoms with E-state index in [0.717, 1.165) is 6.42 Å². The van der Waals surface area contributed by atoms with E-state index in [4.69, 9.17) is 18.9 Å². The van der Waals surface area contributed by atoms with Gasteiger partial charge in [0.15, 0.2) is 0 Å². The third kappa shape index (κ3) is 6.49. The van der Waals surface area contributed by atoms with E-state index < -0.39 is 0 Å². The van der Waals surface area contributed by atoms with Crippen LogP contribution in [0.2, 0.25) is 0 Å². The molecule has 0 aliphatic carbocycles. The molecule has 0 aliphatic heterocycles. The lowest BCUT2D eigenvalue weighted by Crippen LogP contribution is -2.08. The number of ether oxygens (including phenoxy) is 4. The molecule has 0 aromatic carbocycles. The van der Waals surface area contributed by atoms with E-state index >= 15 is 0 Å². The molecule has 20 heavy (non-hydrogen) atoms. The van der Waals surface area contributed by atoms with Crippen molar-refractivity contribution >= 4 is 5.97 Å². The first-order valence-corrected chi connectivity index (χ1v) is 6.60. The summed E-state index contributed by atoms with van der Waals surface area (Å²) in [5.74, 6) is 0.105. The van der Waals surface area contributed by atoms with Crippen molar-refractivity contribution in [3.8, 4) is 5.88 Å². The Morgan fingerprint density at radius 3 is 2.70 bits per heavy atom. The van der Waals surface area contributed by atoms with Crippen LogP contribution in [0, 0.1) is 0 Å². The standard InChI is InChI=1S/C14H21NO5/c1-3-19-14(16)12-5-6-13(15-11-12)20-8-4-7-18-10-9-17-2/h5-6,11H,3-4,7-10H2,1-2H3. The zero-order valence-electron chi connectivity index (χ0n) is 12.0. The summed E-state index contributed by atoms with van der Waals surface area (Å²) >= 11 is 0. The molecular weight excluding hydrogens is 262 g/mol. The Hall–Kier alpha value is -1.66. The van der Waals surface area contributed by atoms with Crippen LogP contribution in [-0.4, -0.2) is 51.1 Å². The lowest BCUT2D eigenvalue weighted by atomic mass is 10.3. The number of methoxy groups -OCH3 is 1. The summed E-state index contributed by atoms with van der Waals surface area (Å²) in [7, 11) is 1.64. The van der Waals surface area contributed by atoms with E-state index in [-0.39, 0.29) is 5.97 Å². The van der Waals surface area contributed by atoms with Crippen molar-refractivity contribution in [3.63, 3.8) is 0 Å². The summed E-state index contributed by atoms with van der Waals surface area (Å²) in [5.41, 5.74) is 0.419. The molecule has 0 fully saturated rings. The first-order chi connectivity index (χ1) is 9.77. The second-order valence-corrected chi connectivity index (χ2v) is 3.91. The zero-order chi connectivity index (χ0) is 14.6. The van der Waals surface area contributed by atoms with Gasteiger partial charge in [-0.05, 0) is 13.0 Å². The number of nitrogens with zero attached hydrogens (tertiary/aromatic N) is 1. The molecule has 0 spiro atoms. The Morgan fingerprint density at radius 2 is 2.05 bits per heavy atom. The molecular formula is C14H21NO5. The van der Waals surface area contributed by atoms with Gasteiger partial charge in [0.2, 0.25) is 5.88 Å². The molecule has 112 valence electrons. The molecule has 1 aromatic rings. The molecule has 0 unspecified atom stereocenters. The summed E-state index contributed by atoms with van der Waals surface area (Å²) in [5, 5.41) is 0. The molecule has 0 amide bonds. The Bertz CT molecular complexity index is 380. The van der Waals surface area contributed by atoms with Crippen molar-refractivity contribution in [1.29, 1.82) is 0 Å². The summed E-state index contributed by atoms with van der Waals surface area (Å²) in [6, 6.07) is 3.29. The normalized spacial score (nSPS) is 10.3. The van der Waals surface area contributed by atoms with Crippen molar-refractivity contribution in [1.82, 2.24) is 4.98 Å². The quantitative estimate of drug-likeness (QED) is 0.481. The Labute approximate surface area is 119 Å². The van der Waals surface area contributed by atoms with Gasteiger partial charge in [0, 0.05) is 32.4 Å². The number of hydrogen-bond donors (Lipinski definition) is 0. The number of esters is 1.